The molecular formula is C16H16N4O2S. The molecule has 0 amide bonds. The van der Waals surface area contributed by atoms with E-state index < -0.39 is 9.84 Å². The summed E-state index contributed by atoms with van der Waals surface area (Å²) in [7, 11) is -3.19. The van der Waals surface area contributed by atoms with Crippen LogP contribution in [0.25, 0.3) is 0 Å². The maximum Gasteiger partial charge on any atom is 0.175 e. The van der Waals surface area contributed by atoms with Crippen molar-refractivity contribution in [3.8, 4) is 6.07 Å². The van der Waals surface area contributed by atoms with Gasteiger partial charge in [0.25, 0.3) is 0 Å². The van der Waals surface area contributed by atoms with Gasteiger partial charge >= 0.3 is 0 Å². The highest BCUT2D eigenvalue weighted by Crippen LogP contribution is 2.26. The first-order valence-corrected chi connectivity index (χ1v) is 9.01. The van der Waals surface area contributed by atoms with Crippen molar-refractivity contribution >= 4 is 21.3 Å². The molecule has 0 saturated carbocycles. The van der Waals surface area contributed by atoms with Crippen molar-refractivity contribution < 1.29 is 8.42 Å². The van der Waals surface area contributed by atoms with Gasteiger partial charge in [0.1, 0.15) is 11.9 Å². The lowest BCUT2D eigenvalue weighted by atomic mass is 10.0. The highest BCUT2D eigenvalue weighted by Gasteiger charge is 2.20. The zero-order chi connectivity index (χ0) is 16.6. The molecule has 118 valence electrons. The Morgan fingerprint density at radius 3 is 2.61 bits per heavy atom. The fourth-order valence-corrected chi connectivity index (χ4v) is 3.33. The second-order valence-electron chi connectivity index (χ2n) is 5.58. The predicted octanol–water partition coefficient (Wildman–Crippen LogP) is 1.50. The van der Waals surface area contributed by atoms with Crippen LogP contribution in [0.1, 0.15) is 16.8 Å². The summed E-state index contributed by atoms with van der Waals surface area (Å²) in [5.41, 5.74) is 8.99. The van der Waals surface area contributed by atoms with Crippen LogP contribution < -0.4 is 10.6 Å². The van der Waals surface area contributed by atoms with Crippen LogP contribution >= 0.6 is 0 Å². The Bertz CT molecular complexity index is 899. The van der Waals surface area contributed by atoms with Gasteiger partial charge in [0, 0.05) is 37.1 Å². The highest BCUT2D eigenvalue weighted by atomic mass is 32.2. The van der Waals surface area contributed by atoms with E-state index >= 15 is 0 Å². The molecule has 23 heavy (non-hydrogen) atoms. The fraction of sp³-hybridized carbons (Fsp3) is 0.250. The van der Waals surface area contributed by atoms with Crippen LogP contribution in [0.4, 0.5) is 11.5 Å². The van der Waals surface area contributed by atoms with Gasteiger partial charge in [-0.05, 0) is 35.9 Å². The average Bonchev–Trinajstić information content (AvgIpc) is 2.53. The Morgan fingerprint density at radius 1 is 1.30 bits per heavy atom. The van der Waals surface area contributed by atoms with Crippen LogP contribution in [-0.4, -0.2) is 26.2 Å². The minimum absolute atomic E-state index is 0.275. The summed E-state index contributed by atoms with van der Waals surface area (Å²) < 4.78 is 23.0. The molecule has 0 atom stereocenters. The first-order valence-electron chi connectivity index (χ1n) is 7.12. The average molecular weight is 328 g/mol. The van der Waals surface area contributed by atoms with Crippen LogP contribution in [0.3, 0.4) is 0 Å². The van der Waals surface area contributed by atoms with Crippen molar-refractivity contribution in [2.24, 2.45) is 0 Å². The number of pyridine rings is 1. The third-order valence-corrected chi connectivity index (χ3v) is 5.08. The van der Waals surface area contributed by atoms with E-state index in [9.17, 15) is 8.42 Å². The van der Waals surface area contributed by atoms with E-state index in [-0.39, 0.29) is 5.82 Å². The number of nitrogen functional groups attached to an aromatic ring is 1. The minimum atomic E-state index is -3.19. The van der Waals surface area contributed by atoms with Crippen LogP contribution in [0.5, 0.6) is 0 Å². The van der Waals surface area contributed by atoms with Gasteiger partial charge in [-0.25, -0.2) is 13.4 Å². The third-order valence-electron chi connectivity index (χ3n) is 3.95. The number of rotatable bonds is 2. The number of hydrogen-bond acceptors (Lipinski definition) is 6. The Balaban J connectivity index is 1.89. The molecule has 0 bridgehead atoms. The topological polar surface area (TPSA) is 100 Å². The molecule has 0 fully saturated rings. The fourth-order valence-electron chi connectivity index (χ4n) is 2.70. The normalized spacial score (nSPS) is 14.2. The van der Waals surface area contributed by atoms with Crippen molar-refractivity contribution in [2.45, 2.75) is 17.9 Å². The van der Waals surface area contributed by atoms with Crippen LogP contribution in [0.15, 0.2) is 35.2 Å². The molecule has 7 heteroatoms. The summed E-state index contributed by atoms with van der Waals surface area (Å²) in [4.78, 5) is 6.75. The van der Waals surface area contributed by atoms with Crippen molar-refractivity contribution in [1.82, 2.24) is 4.98 Å². The van der Waals surface area contributed by atoms with Gasteiger partial charge in [-0.3, -0.25) is 0 Å². The number of fused-ring (bicyclic) bond motifs is 1. The Labute approximate surface area is 135 Å². The SMILES string of the molecule is CS(=O)(=O)c1ccc(N2CCc3nc(N)c(C#N)cc3C2)cc1. The molecule has 2 heterocycles. The van der Waals surface area contributed by atoms with Gasteiger partial charge in [0.15, 0.2) is 9.84 Å². The number of nitrogens with two attached hydrogens (primary N) is 1. The monoisotopic (exact) mass is 328 g/mol. The molecule has 0 spiro atoms. The maximum absolute atomic E-state index is 11.5. The van der Waals surface area contributed by atoms with Crippen molar-refractivity contribution in [3.63, 3.8) is 0 Å². The zero-order valence-corrected chi connectivity index (χ0v) is 13.5. The summed E-state index contributed by atoms with van der Waals surface area (Å²) in [5, 5.41) is 9.07. The van der Waals surface area contributed by atoms with E-state index in [0.29, 0.717) is 17.0 Å². The number of sulfone groups is 1. The van der Waals surface area contributed by atoms with Crippen molar-refractivity contribution in [2.75, 3.05) is 23.4 Å². The number of aromatic nitrogens is 1. The molecule has 6 nitrogen and oxygen atoms in total. The van der Waals surface area contributed by atoms with E-state index in [1.807, 2.05) is 0 Å². The smallest absolute Gasteiger partial charge is 0.175 e. The van der Waals surface area contributed by atoms with E-state index in [4.69, 9.17) is 11.0 Å². The summed E-state index contributed by atoms with van der Waals surface area (Å²) >= 11 is 0. The first kappa shape index (κ1) is 15.3. The van der Waals surface area contributed by atoms with Crippen LogP contribution in [0.2, 0.25) is 0 Å². The minimum Gasteiger partial charge on any atom is -0.383 e. The molecule has 2 N–H and O–H groups in total. The molecule has 1 aromatic heterocycles. The molecule has 0 radical (unpaired) electrons. The summed E-state index contributed by atoms with van der Waals surface area (Å²) in [5.74, 6) is 0.275. The molecule has 0 aliphatic carbocycles. The second-order valence-corrected chi connectivity index (χ2v) is 7.59. The third kappa shape index (κ3) is 2.98. The largest absolute Gasteiger partial charge is 0.383 e. The van der Waals surface area contributed by atoms with Crippen molar-refractivity contribution in [1.29, 1.82) is 5.26 Å². The molecule has 2 aromatic rings. The summed E-state index contributed by atoms with van der Waals surface area (Å²) in [6.45, 7) is 1.39. The number of nitriles is 1. The van der Waals surface area contributed by atoms with Gasteiger partial charge in [-0.15, -0.1) is 0 Å². The number of nitrogens with zero attached hydrogens (tertiary/aromatic N) is 3. The second kappa shape index (κ2) is 5.56. The summed E-state index contributed by atoms with van der Waals surface area (Å²) in [6, 6.07) is 10.7. The Morgan fingerprint density at radius 2 is 2.00 bits per heavy atom. The van der Waals surface area contributed by atoms with Crippen LogP contribution in [0, 0.1) is 11.3 Å². The zero-order valence-electron chi connectivity index (χ0n) is 12.7. The lowest BCUT2D eigenvalue weighted by molar-refractivity contribution is 0.602. The van der Waals surface area contributed by atoms with E-state index in [0.717, 1.165) is 29.9 Å². The quantitative estimate of drug-likeness (QED) is 0.896. The lowest BCUT2D eigenvalue weighted by Gasteiger charge is -2.30. The Hall–Kier alpha value is -2.59. The van der Waals surface area contributed by atoms with Gasteiger partial charge in [-0.1, -0.05) is 0 Å². The van der Waals surface area contributed by atoms with Gasteiger partial charge in [-0.2, -0.15) is 5.26 Å². The molecular weight excluding hydrogens is 312 g/mol. The molecule has 1 aliphatic heterocycles. The predicted molar refractivity (Wildman–Crippen MR) is 87.7 cm³/mol. The van der Waals surface area contributed by atoms with E-state index in [2.05, 4.69) is 16.0 Å². The van der Waals surface area contributed by atoms with Crippen molar-refractivity contribution in [3.05, 3.63) is 47.2 Å². The van der Waals surface area contributed by atoms with Crippen LogP contribution in [-0.2, 0) is 22.8 Å². The van der Waals surface area contributed by atoms with E-state index in [1.165, 1.54) is 6.26 Å². The standard InChI is InChI=1S/C16H16N4O2S/c1-23(21,22)14-4-2-13(3-5-14)20-7-6-15-12(10-20)8-11(9-17)16(18)19-15/h2-5,8H,6-7,10H2,1H3,(H2,18,19). The summed E-state index contributed by atoms with van der Waals surface area (Å²) in [6.07, 6.45) is 1.93. The van der Waals surface area contributed by atoms with Gasteiger partial charge in [0.05, 0.1) is 10.5 Å². The Kier molecular flexibility index (Phi) is 3.70. The number of benzene rings is 1. The number of hydrogen-bond donors (Lipinski definition) is 1. The molecule has 1 aromatic carbocycles. The molecule has 3 rings (SSSR count). The molecule has 1 aliphatic rings. The molecule has 0 unspecified atom stereocenters. The van der Waals surface area contributed by atoms with Gasteiger partial charge in [0.2, 0.25) is 0 Å². The van der Waals surface area contributed by atoms with Gasteiger partial charge < -0.3 is 10.6 Å². The molecule has 0 saturated heterocycles. The number of anilines is 2. The lowest BCUT2D eigenvalue weighted by Crippen LogP contribution is -2.31. The first-order chi connectivity index (χ1) is 10.9. The maximum atomic E-state index is 11.5. The highest BCUT2D eigenvalue weighted by molar-refractivity contribution is 7.90. The van der Waals surface area contributed by atoms with E-state index in [1.54, 1.807) is 30.3 Å².